The van der Waals surface area contributed by atoms with E-state index in [1.54, 1.807) is 6.20 Å². The van der Waals surface area contributed by atoms with Gasteiger partial charge in [-0.05, 0) is 88.1 Å². The number of carbonyl (C=O) groups is 1. The van der Waals surface area contributed by atoms with Gasteiger partial charge in [0.25, 0.3) is 0 Å². The SMILES string of the molecule is CC.CC(C)=O.CCc1ccc(NCCCNc2nccc(-c3ccnc(Nc4cccc(C)c4)n3)c2C)cc1. The third kappa shape index (κ3) is 10.8. The molecule has 0 aliphatic carbocycles. The highest BCUT2D eigenvalue weighted by atomic mass is 16.1. The molecule has 0 saturated heterocycles. The number of aryl methyl sites for hydroxylation is 2. The van der Waals surface area contributed by atoms with E-state index in [9.17, 15) is 4.79 Å². The van der Waals surface area contributed by atoms with Gasteiger partial charge in [0, 0.05) is 48.0 Å². The van der Waals surface area contributed by atoms with Crippen LogP contribution < -0.4 is 16.0 Å². The van der Waals surface area contributed by atoms with E-state index in [0.717, 1.165) is 59.9 Å². The fourth-order valence-corrected chi connectivity index (χ4v) is 3.80. The Bertz CT molecular complexity index is 1320. The Hall–Kier alpha value is -4.26. The van der Waals surface area contributed by atoms with Gasteiger partial charge in [-0.3, -0.25) is 0 Å². The molecule has 0 aliphatic rings. The van der Waals surface area contributed by atoms with Crippen molar-refractivity contribution in [3.05, 3.63) is 89.7 Å². The first-order valence-electron chi connectivity index (χ1n) is 14.0. The number of anilines is 4. The molecule has 7 heteroatoms. The molecule has 0 saturated carbocycles. The molecule has 0 spiro atoms. The zero-order valence-electron chi connectivity index (χ0n) is 25.0. The molecule has 0 aliphatic heterocycles. The third-order valence-electron chi connectivity index (χ3n) is 5.75. The zero-order valence-corrected chi connectivity index (χ0v) is 25.0. The number of aromatic nitrogens is 3. The number of nitrogens with one attached hydrogen (secondary N) is 3. The van der Waals surface area contributed by atoms with Crippen LogP contribution in [0.25, 0.3) is 11.3 Å². The molecule has 40 heavy (non-hydrogen) atoms. The largest absolute Gasteiger partial charge is 0.385 e. The van der Waals surface area contributed by atoms with Crippen LogP contribution in [0, 0.1) is 13.8 Å². The van der Waals surface area contributed by atoms with E-state index < -0.39 is 0 Å². The number of pyridine rings is 1. The lowest BCUT2D eigenvalue weighted by atomic mass is 10.1. The minimum Gasteiger partial charge on any atom is -0.385 e. The van der Waals surface area contributed by atoms with Gasteiger partial charge in [-0.25, -0.2) is 15.0 Å². The molecule has 0 fully saturated rings. The van der Waals surface area contributed by atoms with Crippen molar-refractivity contribution in [2.75, 3.05) is 29.0 Å². The number of benzene rings is 2. The van der Waals surface area contributed by atoms with Crippen molar-refractivity contribution in [1.29, 1.82) is 0 Å². The van der Waals surface area contributed by atoms with Gasteiger partial charge in [0.05, 0.1) is 5.69 Å². The second-order valence-corrected chi connectivity index (χ2v) is 9.26. The van der Waals surface area contributed by atoms with Crippen molar-refractivity contribution in [3.8, 4) is 11.3 Å². The highest BCUT2D eigenvalue weighted by Crippen LogP contribution is 2.26. The molecule has 4 rings (SSSR count). The van der Waals surface area contributed by atoms with Gasteiger partial charge in [-0.1, -0.05) is 45.0 Å². The molecule has 0 atom stereocenters. The average molecular weight is 541 g/mol. The van der Waals surface area contributed by atoms with Crippen LogP contribution in [0.15, 0.2) is 73.1 Å². The Kier molecular flexibility index (Phi) is 13.9. The summed E-state index contributed by atoms with van der Waals surface area (Å²) >= 11 is 0. The first-order chi connectivity index (χ1) is 19.4. The van der Waals surface area contributed by atoms with Gasteiger partial charge in [0.15, 0.2) is 0 Å². The molecule has 212 valence electrons. The molecule has 0 amide bonds. The van der Waals surface area contributed by atoms with Gasteiger partial charge in [-0.2, -0.15) is 0 Å². The Labute approximate surface area is 239 Å². The minimum atomic E-state index is 0.167. The Morgan fingerprint density at radius 2 is 1.50 bits per heavy atom. The summed E-state index contributed by atoms with van der Waals surface area (Å²) < 4.78 is 0. The number of ketones is 1. The summed E-state index contributed by atoms with van der Waals surface area (Å²) in [5.74, 6) is 1.63. The summed E-state index contributed by atoms with van der Waals surface area (Å²) in [4.78, 5) is 23.1. The standard InChI is InChI=1S/C28H32N6.C3H6O.C2H6/c1-4-22-9-11-23(12-10-22)29-15-6-16-30-27-21(3)25(13-17-31-27)26-14-18-32-28(34-26)33-24-8-5-7-20(2)19-24;1-3(2)4;1-2/h5,7-14,17-19,29H,4,6,15-16H2,1-3H3,(H,30,31)(H,32,33,34);1-2H3;1-2H3. The van der Waals surface area contributed by atoms with Crippen LogP contribution in [0.1, 0.15) is 57.7 Å². The maximum atomic E-state index is 9.44. The first-order valence-corrected chi connectivity index (χ1v) is 14.0. The maximum absolute atomic E-state index is 9.44. The maximum Gasteiger partial charge on any atom is 0.227 e. The van der Waals surface area contributed by atoms with Crippen molar-refractivity contribution in [2.24, 2.45) is 0 Å². The van der Waals surface area contributed by atoms with Crippen LogP contribution in [0.3, 0.4) is 0 Å². The minimum absolute atomic E-state index is 0.167. The summed E-state index contributed by atoms with van der Waals surface area (Å²) in [6, 6.07) is 20.7. The van der Waals surface area contributed by atoms with Crippen LogP contribution >= 0.6 is 0 Å². The van der Waals surface area contributed by atoms with E-state index in [0.29, 0.717) is 5.95 Å². The summed E-state index contributed by atoms with van der Waals surface area (Å²) in [7, 11) is 0. The Balaban J connectivity index is 0.000000858. The fourth-order valence-electron chi connectivity index (χ4n) is 3.80. The van der Waals surface area contributed by atoms with Crippen molar-refractivity contribution in [1.82, 2.24) is 15.0 Å². The van der Waals surface area contributed by atoms with E-state index in [2.05, 4.69) is 83.1 Å². The van der Waals surface area contributed by atoms with Gasteiger partial charge in [-0.15, -0.1) is 0 Å². The third-order valence-corrected chi connectivity index (χ3v) is 5.75. The summed E-state index contributed by atoms with van der Waals surface area (Å²) in [6.45, 7) is 15.1. The van der Waals surface area contributed by atoms with Crippen molar-refractivity contribution in [3.63, 3.8) is 0 Å². The Morgan fingerprint density at radius 1 is 0.825 bits per heavy atom. The molecule has 7 nitrogen and oxygen atoms in total. The van der Waals surface area contributed by atoms with Gasteiger partial charge >= 0.3 is 0 Å². The number of rotatable bonds is 10. The lowest BCUT2D eigenvalue weighted by molar-refractivity contribution is -0.114. The summed E-state index contributed by atoms with van der Waals surface area (Å²) in [5.41, 5.74) is 7.66. The van der Waals surface area contributed by atoms with Crippen molar-refractivity contribution < 1.29 is 4.79 Å². The monoisotopic (exact) mass is 540 g/mol. The second-order valence-electron chi connectivity index (χ2n) is 9.26. The lowest BCUT2D eigenvalue weighted by Crippen LogP contribution is -2.11. The quantitative estimate of drug-likeness (QED) is 0.176. The van der Waals surface area contributed by atoms with Crippen LogP contribution in [0.2, 0.25) is 0 Å². The molecule has 0 bridgehead atoms. The zero-order chi connectivity index (χ0) is 29.3. The highest BCUT2D eigenvalue weighted by Gasteiger charge is 2.10. The molecular formula is C33H44N6O. The number of hydrogen-bond acceptors (Lipinski definition) is 7. The summed E-state index contributed by atoms with van der Waals surface area (Å²) in [5, 5.41) is 10.3. The van der Waals surface area contributed by atoms with E-state index in [1.165, 1.54) is 25.0 Å². The fraction of sp³-hybridized carbons (Fsp3) is 0.333. The predicted octanol–water partition coefficient (Wildman–Crippen LogP) is 8.00. The Morgan fingerprint density at radius 3 is 2.17 bits per heavy atom. The van der Waals surface area contributed by atoms with Gasteiger partial charge < -0.3 is 20.7 Å². The molecule has 0 unspecified atom stereocenters. The molecule has 2 aromatic heterocycles. The van der Waals surface area contributed by atoms with Crippen molar-refractivity contribution in [2.45, 2.75) is 61.3 Å². The number of hydrogen-bond donors (Lipinski definition) is 3. The second kappa shape index (κ2) is 17.4. The lowest BCUT2D eigenvalue weighted by Gasteiger charge is -2.13. The van der Waals surface area contributed by atoms with Crippen LogP contribution in [0.4, 0.5) is 23.1 Å². The van der Waals surface area contributed by atoms with Gasteiger partial charge in [0.2, 0.25) is 5.95 Å². The van der Waals surface area contributed by atoms with Crippen molar-refractivity contribution >= 4 is 28.9 Å². The summed E-state index contributed by atoms with van der Waals surface area (Å²) in [6.07, 6.45) is 5.66. The molecular weight excluding hydrogens is 496 g/mol. The molecule has 2 heterocycles. The van der Waals surface area contributed by atoms with E-state index in [1.807, 2.05) is 44.3 Å². The molecule has 0 radical (unpaired) electrons. The molecule has 2 aromatic carbocycles. The number of nitrogens with zero attached hydrogens (tertiary/aromatic N) is 3. The van der Waals surface area contributed by atoms with E-state index in [4.69, 9.17) is 4.98 Å². The predicted molar refractivity (Wildman–Crippen MR) is 170 cm³/mol. The van der Waals surface area contributed by atoms with E-state index in [-0.39, 0.29) is 5.78 Å². The molecule has 3 N–H and O–H groups in total. The van der Waals surface area contributed by atoms with E-state index >= 15 is 0 Å². The normalized spacial score (nSPS) is 9.88. The van der Waals surface area contributed by atoms with Crippen LogP contribution in [0.5, 0.6) is 0 Å². The average Bonchev–Trinajstić information content (AvgIpc) is 2.95. The topological polar surface area (TPSA) is 91.8 Å². The smallest absolute Gasteiger partial charge is 0.227 e. The first kappa shape index (κ1) is 32.0. The van der Waals surface area contributed by atoms with Crippen LogP contribution in [-0.2, 0) is 11.2 Å². The molecule has 4 aromatic rings. The number of carbonyl (C=O) groups excluding carboxylic acids is 1. The van der Waals surface area contributed by atoms with Crippen LogP contribution in [-0.4, -0.2) is 33.8 Å². The highest BCUT2D eigenvalue weighted by molar-refractivity contribution is 5.72. The number of Topliss-reactive ketones (excluding diaryl/α,β-unsaturated/α-hetero) is 1. The van der Waals surface area contributed by atoms with Gasteiger partial charge in [0.1, 0.15) is 11.6 Å².